The molecule has 0 saturated carbocycles. The monoisotopic (exact) mass is 306 g/mol. The number of H-pyrrole nitrogens is 1. The van der Waals surface area contributed by atoms with Crippen molar-refractivity contribution < 1.29 is 9.47 Å². The van der Waals surface area contributed by atoms with Crippen LogP contribution in [0.1, 0.15) is 11.5 Å². The summed E-state index contributed by atoms with van der Waals surface area (Å²) >= 11 is 8.48. The average molecular weight is 307 g/mol. The molecule has 0 fully saturated rings. The number of methoxy groups -OCH3 is 1. The maximum atomic E-state index is 5.36. The van der Waals surface area contributed by atoms with Crippen molar-refractivity contribution in [3.05, 3.63) is 20.6 Å². The van der Waals surface area contributed by atoms with Crippen molar-refractivity contribution in [2.45, 2.75) is 13.3 Å². The molecule has 0 spiro atoms. The summed E-state index contributed by atoms with van der Waals surface area (Å²) in [6, 6.07) is 0. The fraction of sp³-hybridized carbons (Fsp3) is 0.600. The SMILES string of the molecule is COCCOCCc1nc(=S)c(Br)c(C)[nH]1. The Morgan fingerprint density at radius 1 is 1.38 bits per heavy atom. The average Bonchev–Trinajstić information content (AvgIpc) is 2.25. The Bertz CT molecular complexity index is 395. The minimum absolute atomic E-state index is 0.586. The van der Waals surface area contributed by atoms with Crippen LogP contribution in [0.3, 0.4) is 0 Å². The molecule has 0 radical (unpaired) electrons. The zero-order chi connectivity index (χ0) is 12.0. The Morgan fingerprint density at radius 2 is 2.12 bits per heavy atom. The molecule has 0 aliphatic rings. The van der Waals surface area contributed by atoms with Gasteiger partial charge in [-0.15, -0.1) is 0 Å². The third-order valence-corrected chi connectivity index (χ3v) is 3.53. The zero-order valence-corrected chi connectivity index (χ0v) is 11.8. The van der Waals surface area contributed by atoms with Gasteiger partial charge >= 0.3 is 0 Å². The van der Waals surface area contributed by atoms with Gasteiger partial charge < -0.3 is 14.5 Å². The van der Waals surface area contributed by atoms with E-state index in [-0.39, 0.29) is 0 Å². The Balaban J connectivity index is 2.46. The molecule has 0 aliphatic heterocycles. The second kappa shape index (κ2) is 7.11. The van der Waals surface area contributed by atoms with E-state index in [1.807, 2.05) is 6.92 Å². The van der Waals surface area contributed by atoms with Crippen molar-refractivity contribution in [2.75, 3.05) is 26.9 Å². The van der Waals surface area contributed by atoms with E-state index in [0.717, 1.165) is 22.4 Å². The number of aromatic amines is 1. The molecular weight excluding hydrogens is 292 g/mol. The third kappa shape index (κ3) is 4.29. The highest BCUT2D eigenvalue weighted by Crippen LogP contribution is 2.14. The number of hydrogen-bond acceptors (Lipinski definition) is 4. The van der Waals surface area contributed by atoms with Crippen molar-refractivity contribution in [1.82, 2.24) is 9.97 Å². The lowest BCUT2D eigenvalue weighted by Crippen LogP contribution is -2.07. The largest absolute Gasteiger partial charge is 0.382 e. The normalized spacial score (nSPS) is 10.7. The van der Waals surface area contributed by atoms with Crippen LogP contribution >= 0.6 is 28.1 Å². The highest BCUT2D eigenvalue weighted by Gasteiger charge is 2.02. The number of aromatic nitrogens is 2. The summed E-state index contributed by atoms with van der Waals surface area (Å²) in [5, 5.41) is 0. The lowest BCUT2D eigenvalue weighted by molar-refractivity contribution is 0.0716. The Labute approximate surface area is 109 Å². The second-order valence-corrected chi connectivity index (χ2v) is 4.46. The molecule has 6 heteroatoms. The summed E-state index contributed by atoms with van der Waals surface area (Å²) in [4.78, 5) is 7.42. The van der Waals surface area contributed by atoms with Crippen LogP contribution in [0.4, 0.5) is 0 Å². The summed E-state index contributed by atoms with van der Waals surface area (Å²) in [5.74, 6) is 0.850. The predicted molar refractivity (Wildman–Crippen MR) is 68.3 cm³/mol. The summed E-state index contributed by atoms with van der Waals surface area (Å²) in [6.07, 6.45) is 0.724. The molecule has 4 nitrogen and oxygen atoms in total. The topological polar surface area (TPSA) is 47.1 Å². The summed E-state index contributed by atoms with van der Waals surface area (Å²) in [7, 11) is 1.65. The van der Waals surface area contributed by atoms with Gasteiger partial charge in [0.1, 0.15) is 10.5 Å². The van der Waals surface area contributed by atoms with Gasteiger partial charge in [0, 0.05) is 19.2 Å². The van der Waals surface area contributed by atoms with Crippen LogP contribution in [0.25, 0.3) is 0 Å². The first-order valence-corrected chi connectivity index (χ1v) is 6.17. The molecule has 1 N–H and O–H groups in total. The fourth-order valence-electron chi connectivity index (χ4n) is 1.16. The highest BCUT2D eigenvalue weighted by atomic mass is 79.9. The maximum absolute atomic E-state index is 5.36. The first kappa shape index (κ1) is 13.8. The van der Waals surface area contributed by atoms with Crippen molar-refractivity contribution in [3.63, 3.8) is 0 Å². The smallest absolute Gasteiger partial charge is 0.144 e. The number of hydrogen-bond donors (Lipinski definition) is 1. The number of halogens is 1. The third-order valence-electron chi connectivity index (χ3n) is 2.00. The van der Waals surface area contributed by atoms with E-state index in [1.165, 1.54) is 0 Å². The zero-order valence-electron chi connectivity index (χ0n) is 9.38. The van der Waals surface area contributed by atoms with Gasteiger partial charge in [0.05, 0.1) is 24.3 Å². The molecular formula is C10H15BrN2O2S. The van der Waals surface area contributed by atoms with Crippen molar-refractivity contribution in [2.24, 2.45) is 0 Å². The number of ether oxygens (including phenoxy) is 2. The maximum Gasteiger partial charge on any atom is 0.144 e. The lowest BCUT2D eigenvalue weighted by atomic mass is 10.4. The van der Waals surface area contributed by atoms with E-state index in [1.54, 1.807) is 7.11 Å². The van der Waals surface area contributed by atoms with Crippen LogP contribution in [-0.2, 0) is 15.9 Å². The van der Waals surface area contributed by atoms with Gasteiger partial charge in [0.15, 0.2) is 0 Å². The van der Waals surface area contributed by atoms with Crippen molar-refractivity contribution >= 4 is 28.1 Å². The molecule has 0 amide bonds. The number of nitrogens with zero attached hydrogens (tertiary/aromatic N) is 1. The summed E-state index contributed by atoms with van der Waals surface area (Å²) in [6.45, 7) is 3.79. The van der Waals surface area contributed by atoms with Crippen LogP contribution < -0.4 is 0 Å². The van der Waals surface area contributed by atoms with E-state index in [9.17, 15) is 0 Å². The van der Waals surface area contributed by atoms with Crippen LogP contribution in [-0.4, -0.2) is 36.9 Å². The molecule has 0 unspecified atom stereocenters. The molecule has 1 aromatic heterocycles. The number of nitrogens with one attached hydrogen (secondary N) is 1. The van der Waals surface area contributed by atoms with Crippen LogP contribution in [0.15, 0.2) is 4.47 Å². The van der Waals surface area contributed by atoms with Crippen LogP contribution in [0.5, 0.6) is 0 Å². The molecule has 1 heterocycles. The van der Waals surface area contributed by atoms with Gasteiger partial charge in [-0.25, -0.2) is 4.98 Å². The van der Waals surface area contributed by atoms with Gasteiger partial charge in [-0.1, -0.05) is 12.2 Å². The molecule has 90 valence electrons. The van der Waals surface area contributed by atoms with Gasteiger partial charge in [0.2, 0.25) is 0 Å². The van der Waals surface area contributed by atoms with Gasteiger partial charge in [0.25, 0.3) is 0 Å². The van der Waals surface area contributed by atoms with Crippen molar-refractivity contribution in [1.29, 1.82) is 0 Å². The van der Waals surface area contributed by atoms with Crippen LogP contribution in [0, 0.1) is 11.6 Å². The summed E-state index contributed by atoms with van der Waals surface area (Å²) in [5.41, 5.74) is 0.992. The first-order chi connectivity index (χ1) is 7.65. The molecule has 1 aromatic rings. The quantitative estimate of drug-likeness (QED) is 0.648. The van der Waals surface area contributed by atoms with Crippen molar-refractivity contribution in [3.8, 4) is 0 Å². The lowest BCUT2D eigenvalue weighted by Gasteiger charge is -2.05. The molecule has 0 aromatic carbocycles. The van der Waals surface area contributed by atoms with E-state index < -0.39 is 0 Å². The molecule has 0 saturated heterocycles. The minimum Gasteiger partial charge on any atom is -0.382 e. The van der Waals surface area contributed by atoms with E-state index in [0.29, 0.717) is 24.5 Å². The minimum atomic E-state index is 0.586. The van der Waals surface area contributed by atoms with Gasteiger partial charge in [-0.2, -0.15) is 0 Å². The number of rotatable bonds is 6. The van der Waals surface area contributed by atoms with E-state index in [2.05, 4.69) is 25.9 Å². The fourth-order valence-corrected chi connectivity index (χ4v) is 1.61. The van der Waals surface area contributed by atoms with Gasteiger partial charge in [-0.3, -0.25) is 0 Å². The molecule has 0 aliphatic carbocycles. The Hall–Kier alpha value is -0.300. The van der Waals surface area contributed by atoms with Gasteiger partial charge in [-0.05, 0) is 22.9 Å². The standard InChI is InChI=1S/C10H15BrN2O2S/c1-7-9(11)10(16)13-8(12-7)3-4-15-6-5-14-2/h3-6H2,1-2H3,(H,12,13,16). The molecule has 0 bridgehead atoms. The van der Waals surface area contributed by atoms with E-state index >= 15 is 0 Å². The Kier molecular flexibility index (Phi) is 6.12. The molecule has 0 atom stereocenters. The van der Waals surface area contributed by atoms with E-state index in [4.69, 9.17) is 21.7 Å². The molecule has 1 rings (SSSR count). The highest BCUT2D eigenvalue weighted by molar-refractivity contribution is 9.10. The Morgan fingerprint density at radius 3 is 2.75 bits per heavy atom. The molecule has 16 heavy (non-hydrogen) atoms. The predicted octanol–water partition coefficient (Wildman–Crippen LogP) is 2.42. The second-order valence-electron chi connectivity index (χ2n) is 3.28. The first-order valence-electron chi connectivity index (χ1n) is 4.97. The number of aryl methyl sites for hydroxylation is 1. The summed E-state index contributed by atoms with van der Waals surface area (Å²) < 4.78 is 11.7. The van der Waals surface area contributed by atoms with Crippen LogP contribution in [0.2, 0.25) is 0 Å².